The molecular weight excluding hydrogens is 228 g/mol. The first-order valence-corrected chi connectivity index (χ1v) is 5.44. The Morgan fingerprint density at radius 2 is 1.89 bits per heavy atom. The van der Waals surface area contributed by atoms with Crippen molar-refractivity contribution in [1.29, 1.82) is 0 Å². The number of rotatable bonds is 2. The van der Waals surface area contributed by atoms with Crippen molar-refractivity contribution in [2.75, 3.05) is 11.5 Å². The molecule has 0 bridgehead atoms. The summed E-state index contributed by atoms with van der Waals surface area (Å²) in [6, 6.07) is 8.61. The van der Waals surface area contributed by atoms with Gasteiger partial charge in [0.25, 0.3) is 0 Å². The second kappa shape index (κ2) is 4.41. The van der Waals surface area contributed by atoms with Crippen molar-refractivity contribution in [3.05, 3.63) is 42.5 Å². The fraction of sp³-hybridized carbons (Fsp3) is 0.0714. The molecule has 2 aromatic rings. The van der Waals surface area contributed by atoms with Crippen LogP contribution in [0.3, 0.4) is 0 Å². The topological polar surface area (TPSA) is 78.3 Å². The van der Waals surface area contributed by atoms with Gasteiger partial charge in [-0.1, -0.05) is 6.58 Å². The number of hydrogen-bond donors (Lipinski definition) is 2. The average Bonchev–Trinajstić information content (AvgIpc) is 2.32. The highest BCUT2D eigenvalue weighted by Gasteiger charge is 2.10. The highest BCUT2D eigenvalue weighted by molar-refractivity contribution is 6.00. The van der Waals surface area contributed by atoms with Crippen molar-refractivity contribution in [2.45, 2.75) is 6.92 Å². The summed E-state index contributed by atoms with van der Waals surface area (Å²) in [7, 11) is 0. The second-order valence-electron chi connectivity index (χ2n) is 4.13. The predicted octanol–water partition coefficient (Wildman–Crippen LogP) is 2.49. The van der Waals surface area contributed by atoms with Gasteiger partial charge in [-0.25, -0.2) is 4.79 Å². The van der Waals surface area contributed by atoms with Crippen molar-refractivity contribution in [3.63, 3.8) is 0 Å². The van der Waals surface area contributed by atoms with Gasteiger partial charge in [0.1, 0.15) is 5.75 Å². The van der Waals surface area contributed by atoms with E-state index in [1.807, 2.05) is 0 Å². The summed E-state index contributed by atoms with van der Waals surface area (Å²) in [5.41, 5.74) is 13.1. The molecule has 0 aliphatic carbocycles. The van der Waals surface area contributed by atoms with Gasteiger partial charge in [0.2, 0.25) is 0 Å². The summed E-state index contributed by atoms with van der Waals surface area (Å²) in [4.78, 5) is 11.5. The van der Waals surface area contributed by atoms with Crippen LogP contribution in [0.2, 0.25) is 0 Å². The number of anilines is 2. The Labute approximate surface area is 105 Å². The largest absolute Gasteiger partial charge is 0.423 e. The molecule has 0 atom stereocenters. The SMILES string of the molecule is C=C(C)C(=O)Oc1ccc(N)c2cc(N)ccc12. The first kappa shape index (κ1) is 12.0. The lowest BCUT2D eigenvalue weighted by Crippen LogP contribution is -2.08. The van der Waals surface area contributed by atoms with Crippen LogP contribution >= 0.6 is 0 Å². The summed E-state index contributed by atoms with van der Waals surface area (Å²) in [5, 5.41) is 1.51. The van der Waals surface area contributed by atoms with E-state index in [2.05, 4.69) is 6.58 Å². The van der Waals surface area contributed by atoms with Crippen molar-refractivity contribution in [1.82, 2.24) is 0 Å². The smallest absolute Gasteiger partial charge is 0.338 e. The van der Waals surface area contributed by atoms with Gasteiger partial charge < -0.3 is 16.2 Å². The van der Waals surface area contributed by atoms with Gasteiger partial charge in [-0.15, -0.1) is 0 Å². The van der Waals surface area contributed by atoms with E-state index in [1.165, 1.54) is 0 Å². The number of carbonyl (C=O) groups excluding carboxylic acids is 1. The number of ether oxygens (including phenoxy) is 1. The van der Waals surface area contributed by atoms with Crippen molar-refractivity contribution in [2.24, 2.45) is 0 Å². The van der Waals surface area contributed by atoms with Gasteiger partial charge in [0.05, 0.1) is 0 Å². The van der Waals surface area contributed by atoms with Crippen LogP contribution in [0.25, 0.3) is 10.8 Å². The maximum absolute atomic E-state index is 11.5. The Morgan fingerprint density at radius 1 is 1.17 bits per heavy atom. The Morgan fingerprint density at radius 3 is 2.56 bits per heavy atom. The molecule has 0 aliphatic heterocycles. The maximum Gasteiger partial charge on any atom is 0.338 e. The first-order chi connectivity index (χ1) is 8.49. The van der Waals surface area contributed by atoms with E-state index >= 15 is 0 Å². The summed E-state index contributed by atoms with van der Waals surface area (Å²) in [6.45, 7) is 5.14. The molecule has 18 heavy (non-hydrogen) atoms. The molecule has 0 aromatic heterocycles. The molecule has 92 valence electrons. The van der Waals surface area contributed by atoms with E-state index in [4.69, 9.17) is 16.2 Å². The molecular formula is C14H14N2O2. The number of fused-ring (bicyclic) bond motifs is 1. The van der Waals surface area contributed by atoms with Crippen LogP contribution in [0.5, 0.6) is 5.75 Å². The zero-order valence-electron chi connectivity index (χ0n) is 10.1. The molecule has 4 N–H and O–H groups in total. The number of hydrogen-bond acceptors (Lipinski definition) is 4. The molecule has 0 saturated heterocycles. The van der Waals surface area contributed by atoms with Gasteiger partial charge >= 0.3 is 5.97 Å². The lowest BCUT2D eigenvalue weighted by Gasteiger charge is -2.10. The van der Waals surface area contributed by atoms with E-state index in [9.17, 15) is 4.79 Å². The first-order valence-electron chi connectivity index (χ1n) is 5.44. The zero-order valence-corrected chi connectivity index (χ0v) is 10.1. The van der Waals surface area contributed by atoms with E-state index in [0.717, 1.165) is 10.8 Å². The molecule has 0 saturated carbocycles. The molecule has 0 fully saturated rings. The number of benzene rings is 2. The molecule has 2 aromatic carbocycles. The second-order valence-corrected chi connectivity index (χ2v) is 4.13. The van der Waals surface area contributed by atoms with Crippen LogP contribution in [0.4, 0.5) is 11.4 Å². The quantitative estimate of drug-likeness (QED) is 0.367. The molecule has 0 radical (unpaired) electrons. The zero-order chi connectivity index (χ0) is 13.3. The summed E-state index contributed by atoms with van der Waals surface area (Å²) >= 11 is 0. The normalized spacial score (nSPS) is 10.3. The average molecular weight is 242 g/mol. The Balaban J connectivity index is 2.56. The summed E-state index contributed by atoms with van der Waals surface area (Å²) < 4.78 is 5.25. The fourth-order valence-corrected chi connectivity index (χ4v) is 1.64. The highest BCUT2D eigenvalue weighted by atomic mass is 16.5. The van der Waals surface area contributed by atoms with E-state index in [0.29, 0.717) is 22.7 Å². The number of nitrogens with two attached hydrogens (primary N) is 2. The summed E-state index contributed by atoms with van der Waals surface area (Å²) in [5.74, 6) is -0.00917. The van der Waals surface area contributed by atoms with Crippen LogP contribution in [-0.4, -0.2) is 5.97 Å². The monoisotopic (exact) mass is 242 g/mol. The fourth-order valence-electron chi connectivity index (χ4n) is 1.64. The third-order valence-corrected chi connectivity index (χ3v) is 2.59. The minimum absolute atomic E-state index is 0.343. The molecule has 0 amide bonds. The molecule has 0 unspecified atom stereocenters. The van der Waals surface area contributed by atoms with E-state index in [-0.39, 0.29) is 0 Å². The number of nitrogen functional groups attached to an aromatic ring is 2. The molecule has 0 aliphatic rings. The van der Waals surface area contributed by atoms with Crippen LogP contribution < -0.4 is 16.2 Å². The summed E-state index contributed by atoms with van der Waals surface area (Å²) in [6.07, 6.45) is 0. The van der Waals surface area contributed by atoms with Gasteiger partial charge in [-0.05, 0) is 37.3 Å². The third-order valence-electron chi connectivity index (χ3n) is 2.59. The number of carbonyl (C=O) groups is 1. The maximum atomic E-state index is 11.5. The van der Waals surface area contributed by atoms with Crippen LogP contribution in [0, 0.1) is 0 Å². The standard InChI is InChI=1S/C14H14N2O2/c1-8(2)14(17)18-13-6-5-12(16)11-7-9(15)3-4-10(11)13/h3-7H,1,15-16H2,2H3. The lowest BCUT2D eigenvalue weighted by molar-refractivity contribution is -0.129. The predicted molar refractivity (Wildman–Crippen MR) is 73.2 cm³/mol. The van der Waals surface area contributed by atoms with Crippen LogP contribution in [0.1, 0.15) is 6.92 Å². The Bertz CT molecular complexity index is 648. The minimum Gasteiger partial charge on any atom is -0.423 e. The molecule has 4 nitrogen and oxygen atoms in total. The molecule has 2 rings (SSSR count). The van der Waals surface area contributed by atoms with Crippen LogP contribution in [0.15, 0.2) is 42.5 Å². The molecule has 4 heteroatoms. The van der Waals surface area contributed by atoms with Crippen LogP contribution in [-0.2, 0) is 4.79 Å². The third kappa shape index (κ3) is 2.13. The van der Waals surface area contributed by atoms with Gasteiger partial charge in [-0.3, -0.25) is 0 Å². The number of esters is 1. The lowest BCUT2D eigenvalue weighted by atomic mass is 10.1. The Kier molecular flexibility index (Phi) is 2.93. The van der Waals surface area contributed by atoms with E-state index < -0.39 is 5.97 Å². The van der Waals surface area contributed by atoms with Crippen molar-refractivity contribution < 1.29 is 9.53 Å². The van der Waals surface area contributed by atoms with Crippen molar-refractivity contribution >= 4 is 28.1 Å². The van der Waals surface area contributed by atoms with Crippen molar-refractivity contribution in [3.8, 4) is 5.75 Å². The van der Waals surface area contributed by atoms with E-state index in [1.54, 1.807) is 37.3 Å². The molecule has 0 spiro atoms. The van der Waals surface area contributed by atoms with Gasteiger partial charge in [0, 0.05) is 27.7 Å². The Hall–Kier alpha value is -2.49. The van der Waals surface area contributed by atoms with Gasteiger partial charge in [0.15, 0.2) is 0 Å². The molecule has 0 heterocycles. The highest BCUT2D eigenvalue weighted by Crippen LogP contribution is 2.31. The van der Waals surface area contributed by atoms with Gasteiger partial charge in [-0.2, -0.15) is 0 Å². The minimum atomic E-state index is -0.460.